The number of nitrogens with one attached hydrogen (secondary N) is 2. The van der Waals surface area contributed by atoms with E-state index in [0.717, 1.165) is 16.7 Å². The van der Waals surface area contributed by atoms with Crippen LogP contribution in [0.2, 0.25) is 0 Å². The molecule has 2 N–H and O–H groups in total. The van der Waals surface area contributed by atoms with Gasteiger partial charge in [0.15, 0.2) is 6.61 Å². The van der Waals surface area contributed by atoms with Gasteiger partial charge in [-0.25, -0.2) is 4.79 Å². The van der Waals surface area contributed by atoms with Crippen molar-refractivity contribution in [2.45, 2.75) is 20.8 Å². The largest absolute Gasteiger partial charge is 0.465 e. The second-order valence-corrected chi connectivity index (χ2v) is 6.36. The van der Waals surface area contributed by atoms with Gasteiger partial charge in [-0.3, -0.25) is 9.59 Å². The lowest BCUT2D eigenvalue weighted by Crippen LogP contribution is -2.35. The van der Waals surface area contributed by atoms with Crippen LogP contribution < -0.4 is 10.6 Å². The van der Waals surface area contributed by atoms with Crippen molar-refractivity contribution in [1.82, 2.24) is 5.32 Å². The summed E-state index contributed by atoms with van der Waals surface area (Å²) in [4.78, 5) is 35.8. The van der Waals surface area contributed by atoms with E-state index < -0.39 is 24.4 Å². The van der Waals surface area contributed by atoms with Crippen LogP contribution in [0.4, 0.5) is 5.69 Å². The van der Waals surface area contributed by atoms with E-state index >= 15 is 0 Å². The minimum absolute atomic E-state index is 0.281. The molecule has 1 aromatic carbocycles. The molecule has 0 saturated carbocycles. The number of benzene rings is 1. The molecule has 1 aromatic heterocycles. The summed E-state index contributed by atoms with van der Waals surface area (Å²) in [6.07, 6.45) is 2.60. The molecule has 0 atom stereocenters. The zero-order valence-corrected chi connectivity index (χ0v) is 16.4. The minimum atomic E-state index is -0.964. The van der Waals surface area contributed by atoms with Crippen LogP contribution in [0.15, 0.2) is 40.5 Å². The van der Waals surface area contributed by atoms with E-state index in [0.29, 0.717) is 11.4 Å². The maximum absolute atomic E-state index is 12.1. The van der Waals surface area contributed by atoms with E-state index in [1.807, 2.05) is 32.9 Å². The maximum atomic E-state index is 12.1. The van der Waals surface area contributed by atoms with Crippen LogP contribution in [0.3, 0.4) is 0 Å². The molecule has 2 amide bonds. The number of aryl methyl sites for hydroxylation is 3. The second kappa shape index (κ2) is 9.90. The van der Waals surface area contributed by atoms with Gasteiger partial charge in [0.25, 0.3) is 5.91 Å². The topological polar surface area (TPSA) is 121 Å². The summed E-state index contributed by atoms with van der Waals surface area (Å²) in [5.74, 6) is -1.73. The number of hydrogen-bond acceptors (Lipinski definition) is 6. The van der Waals surface area contributed by atoms with Crippen LogP contribution in [-0.2, 0) is 19.1 Å². The molecule has 29 heavy (non-hydrogen) atoms. The molecule has 2 aromatic rings. The van der Waals surface area contributed by atoms with Crippen molar-refractivity contribution in [3.63, 3.8) is 0 Å². The van der Waals surface area contributed by atoms with E-state index in [9.17, 15) is 14.4 Å². The van der Waals surface area contributed by atoms with Crippen molar-refractivity contribution in [3.05, 3.63) is 58.6 Å². The van der Waals surface area contributed by atoms with Crippen LogP contribution in [0.1, 0.15) is 22.5 Å². The number of esters is 1. The van der Waals surface area contributed by atoms with E-state index in [1.165, 1.54) is 12.3 Å². The van der Waals surface area contributed by atoms with Crippen molar-refractivity contribution in [2.75, 3.05) is 18.5 Å². The van der Waals surface area contributed by atoms with Gasteiger partial charge in [0, 0.05) is 11.8 Å². The van der Waals surface area contributed by atoms with Crippen molar-refractivity contribution in [2.24, 2.45) is 0 Å². The van der Waals surface area contributed by atoms with E-state index in [-0.39, 0.29) is 12.1 Å². The first-order valence-corrected chi connectivity index (χ1v) is 8.77. The van der Waals surface area contributed by atoms with Gasteiger partial charge >= 0.3 is 5.97 Å². The molecular weight excluding hydrogens is 374 g/mol. The molecule has 0 aliphatic rings. The van der Waals surface area contributed by atoms with Gasteiger partial charge in [-0.05, 0) is 44.0 Å². The summed E-state index contributed by atoms with van der Waals surface area (Å²) in [6, 6.07) is 8.75. The van der Waals surface area contributed by atoms with Crippen molar-refractivity contribution in [1.29, 1.82) is 5.26 Å². The monoisotopic (exact) mass is 395 g/mol. The van der Waals surface area contributed by atoms with Crippen molar-refractivity contribution < 1.29 is 23.5 Å². The molecular formula is C21H21N3O5. The van der Waals surface area contributed by atoms with E-state index in [4.69, 9.17) is 14.4 Å². The van der Waals surface area contributed by atoms with Gasteiger partial charge < -0.3 is 19.8 Å². The fraction of sp³-hybridized carbons (Fsp3) is 0.238. The summed E-state index contributed by atoms with van der Waals surface area (Å²) in [5, 5.41) is 14.1. The predicted octanol–water partition coefficient (Wildman–Crippen LogP) is 2.41. The highest BCUT2D eigenvalue weighted by Gasteiger charge is 2.15. The number of nitriles is 1. The second-order valence-electron chi connectivity index (χ2n) is 6.36. The van der Waals surface area contributed by atoms with Crippen LogP contribution in [0.25, 0.3) is 6.08 Å². The Morgan fingerprint density at radius 3 is 2.45 bits per heavy atom. The predicted molar refractivity (Wildman–Crippen MR) is 106 cm³/mol. The normalized spacial score (nSPS) is 10.8. The number of carbonyl (C=O) groups is 3. The standard InChI is InChI=1S/C21H21N3O5/c1-13-7-14(2)20(15(3)8-13)24-18(25)11-23-19(26)12-29-21(27)16(10-22)9-17-5-4-6-28-17/h4-9H,11-12H2,1-3H3,(H,23,26)(H,24,25)/b16-9+. The molecule has 1 heterocycles. The summed E-state index contributed by atoms with van der Waals surface area (Å²) in [6.45, 7) is 4.84. The summed E-state index contributed by atoms with van der Waals surface area (Å²) in [5.41, 5.74) is 3.32. The quantitative estimate of drug-likeness (QED) is 0.422. The molecule has 0 unspecified atom stereocenters. The van der Waals surface area contributed by atoms with Crippen LogP contribution in [0.5, 0.6) is 0 Å². The third-order valence-corrected chi connectivity index (χ3v) is 3.89. The molecule has 150 valence electrons. The van der Waals surface area contributed by atoms with Gasteiger partial charge in [-0.15, -0.1) is 0 Å². The van der Waals surface area contributed by atoms with Gasteiger partial charge in [0.1, 0.15) is 17.4 Å². The first-order valence-electron chi connectivity index (χ1n) is 8.77. The van der Waals surface area contributed by atoms with E-state index in [1.54, 1.807) is 18.2 Å². The smallest absolute Gasteiger partial charge is 0.349 e. The third-order valence-electron chi connectivity index (χ3n) is 3.89. The average molecular weight is 395 g/mol. The summed E-state index contributed by atoms with van der Waals surface area (Å²) in [7, 11) is 0. The third kappa shape index (κ3) is 6.36. The van der Waals surface area contributed by atoms with Gasteiger partial charge in [-0.1, -0.05) is 17.7 Å². The Hall–Kier alpha value is -3.86. The highest BCUT2D eigenvalue weighted by molar-refractivity contribution is 5.99. The molecule has 0 bridgehead atoms. The molecule has 0 aliphatic carbocycles. The number of furan rings is 1. The summed E-state index contributed by atoms with van der Waals surface area (Å²) < 4.78 is 9.81. The maximum Gasteiger partial charge on any atom is 0.349 e. The van der Waals surface area contributed by atoms with Crippen LogP contribution in [0, 0.1) is 32.1 Å². The van der Waals surface area contributed by atoms with Gasteiger partial charge in [0.2, 0.25) is 5.91 Å². The molecule has 0 aliphatic heterocycles. The van der Waals surface area contributed by atoms with Crippen LogP contribution in [-0.4, -0.2) is 30.9 Å². The highest BCUT2D eigenvalue weighted by Crippen LogP contribution is 2.21. The Morgan fingerprint density at radius 2 is 1.86 bits per heavy atom. The highest BCUT2D eigenvalue weighted by atomic mass is 16.5. The molecule has 8 heteroatoms. The Bertz CT molecular complexity index is 961. The molecule has 0 fully saturated rings. The number of hydrogen-bond donors (Lipinski definition) is 2. The summed E-state index contributed by atoms with van der Waals surface area (Å²) >= 11 is 0. The number of carbonyl (C=O) groups excluding carboxylic acids is 3. The Balaban J connectivity index is 1.82. The van der Waals surface area contributed by atoms with Crippen molar-refractivity contribution in [3.8, 4) is 6.07 Å². The number of anilines is 1. The molecule has 8 nitrogen and oxygen atoms in total. The number of nitrogens with zero attached hydrogens (tertiary/aromatic N) is 1. The van der Waals surface area contributed by atoms with Gasteiger partial charge in [0.05, 0.1) is 12.8 Å². The number of rotatable bonds is 7. The zero-order valence-electron chi connectivity index (χ0n) is 16.4. The van der Waals surface area contributed by atoms with Crippen LogP contribution >= 0.6 is 0 Å². The molecule has 2 rings (SSSR count). The minimum Gasteiger partial charge on any atom is -0.465 e. The Kier molecular flexibility index (Phi) is 7.32. The van der Waals surface area contributed by atoms with Gasteiger partial charge in [-0.2, -0.15) is 5.26 Å². The number of amides is 2. The lowest BCUT2D eigenvalue weighted by molar-refractivity contribution is -0.144. The average Bonchev–Trinajstić information content (AvgIpc) is 3.18. The Labute approximate surface area is 168 Å². The number of ether oxygens (including phenoxy) is 1. The lowest BCUT2D eigenvalue weighted by Gasteiger charge is -2.13. The zero-order chi connectivity index (χ0) is 21.4. The first kappa shape index (κ1) is 21.4. The van der Waals surface area contributed by atoms with Crippen molar-refractivity contribution >= 4 is 29.5 Å². The fourth-order valence-corrected chi connectivity index (χ4v) is 2.65. The lowest BCUT2D eigenvalue weighted by atomic mass is 10.1. The van der Waals surface area contributed by atoms with E-state index in [2.05, 4.69) is 10.6 Å². The fourth-order valence-electron chi connectivity index (χ4n) is 2.65. The molecule has 0 spiro atoms. The molecule has 0 saturated heterocycles. The Morgan fingerprint density at radius 1 is 1.17 bits per heavy atom. The molecule has 0 radical (unpaired) electrons. The SMILES string of the molecule is Cc1cc(C)c(NC(=O)CNC(=O)COC(=O)/C(C#N)=C/c2ccco2)c(C)c1. The first-order chi connectivity index (χ1) is 13.8.